The monoisotopic (exact) mass is 295 g/mol. The molecule has 0 saturated heterocycles. The highest BCUT2D eigenvalue weighted by Crippen LogP contribution is 2.15. The standard InChI is InChI=1S/C17H21N5/c1-12-11-13(2)20-17(19-12)18-9-6-10-22-14(3)21-15-7-4-5-8-16(15)22/h4-5,7-8,11H,6,9-10H2,1-3H3,(H,18,19,20). The molecule has 22 heavy (non-hydrogen) atoms. The molecule has 0 aliphatic rings. The van der Waals surface area contributed by atoms with E-state index >= 15 is 0 Å². The van der Waals surface area contributed by atoms with Crippen LogP contribution in [0.25, 0.3) is 11.0 Å². The smallest absolute Gasteiger partial charge is 0.223 e. The summed E-state index contributed by atoms with van der Waals surface area (Å²) in [6.07, 6.45) is 0.998. The maximum atomic E-state index is 4.59. The van der Waals surface area contributed by atoms with Gasteiger partial charge in [-0.3, -0.25) is 0 Å². The molecule has 3 aromatic rings. The number of hydrogen-bond donors (Lipinski definition) is 1. The summed E-state index contributed by atoms with van der Waals surface area (Å²) in [7, 11) is 0. The number of imidazole rings is 1. The largest absolute Gasteiger partial charge is 0.354 e. The molecule has 2 heterocycles. The van der Waals surface area contributed by atoms with Gasteiger partial charge in [0.2, 0.25) is 5.95 Å². The van der Waals surface area contributed by atoms with Gasteiger partial charge in [0.05, 0.1) is 11.0 Å². The molecule has 0 fully saturated rings. The van der Waals surface area contributed by atoms with Gasteiger partial charge in [-0.2, -0.15) is 0 Å². The average Bonchev–Trinajstić information content (AvgIpc) is 2.78. The molecule has 1 N–H and O–H groups in total. The minimum Gasteiger partial charge on any atom is -0.354 e. The van der Waals surface area contributed by atoms with Gasteiger partial charge in [-0.25, -0.2) is 15.0 Å². The third-order valence-corrected chi connectivity index (χ3v) is 3.67. The number of anilines is 1. The summed E-state index contributed by atoms with van der Waals surface area (Å²) in [6.45, 7) is 7.81. The van der Waals surface area contributed by atoms with Crippen LogP contribution in [0.4, 0.5) is 5.95 Å². The molecule has 0 unspecified atom stereocenters. The molecule has 3 rings (SSSR count). The Bertz CT molecular complexity index is 771. The van der Waals surface area contributed by atoms with Crippen LogP contribution in [0.3, 0.4) is 0 Å². The van der Waals surface area contributed by atoms with E-state index < -0.39 is 0 Å². The van der Waals surface area contributed by atoms with Crippen LogP contribution in [0.2, 0.25) is 0 Å². The van der Waals surface area contributed by atoms with E-state index in [1.54, 1.807) is 0 Å². The summed E-state index contributed by atoms with van der Waals surface area (Å²) in [5, 5.41) is 3.30. The highest BCUT2D eigenvalue weighted by Gasteiger charge is 2.06. The number of rotatable bonds is 5. The Morgan fingerprint density at radius 3 is 2.50 bits per heavy atom. The number of aryl methyl sites for hydroxylation is 4. The van der Waals surface area contributed by atoms with Crippen LogP contribution in [0, 0.1) is 20.8 Å². The second-order valence-corrected chi connectivity index (χ2v) is 5.55. The normalized spacial score (nSPS) is 11.0. The molecule has 0 spiro atoms. The molecule has 0 aliphatic heterocycles. The highest BCUT2D eigenvalue weighted by atomic mass is 15.1. The molecule has 0 amide bonds. The van der Waals surface area contributed by atoms with Gasteiger partial charge in [-0.15, -0.1) is 0 Å². The molecular formula is C17H21N5. The van der Waals surface area contributed by atoms with Gasteiger partial charge in [0.25, 0.3) is 0 Å². The molecule has 114 valence electrons. The highest BCUT2D eigenvalue weighted by molar-refractivity contribution is 5.75. The maximum absolute atomic E-state index is 4.59. The summed E-state index contributed by atoms with van der Waals surface area (Å²) < 4.78 is 2.26. The van der Waals surface area contributed by atoms with Crippen molar-refractivity contribution in [2.45, 2.75) is 33.7 Å². The number of nitrogens with one attached hydrogen (secondary N) is 1. The zero-order valence-corrected chi connectivity index (χ0v) is 13.3. The number of nitrogens with zero attached hydrogens (tertiary/aromatic N) is 4. The number of hydrogen-bond acceptors (Lipinski definition) is 4. The zero-order valence-electron chi connectivity index (χ0n) is 13.3. The van der Waals surface area contributed by atoms with E-state index in [2.05, 4.69) is 50.0 Å². The van der Waals surface area contributed by atoms with Crippen molar-refractivity contribution in [1.82, 2.24) is 19.5 Å². The van der Waals surface area contributed by atoms with Crippen LogP contribution in [0.5, 0.6) is 0 Å². The lowest BCUT2D eigenvalue weighted by Crippen LogP contribution is -2.10. The van der Waals surface area contributed by atoms with Crippen LogP contribution in [0.15, 0.2) is 30.3 Å². The van der Waals surface area contributed by atoms with Crippen molar-refractivity contribution in [3.63, 3.8) is 0 Å². The number of aromatic nitrogens is 4. The quantitative estimate of drug-likeness (QED) is 0.734. The Labute approximate surface area is 130 Å². The van der Waals surface area contributed by atoms with Gasteiger partial charge < -0.3 is 9.88 Å². The van der Waals surface area contributed by atoms with Gasteiger partial charge in [0.15, 0.2) is 0 Å². The summed E-state index contributed by atoms with van der Waals surface area (Å²) in [5.74, 6) is 1.77. The number of para-hydroxylation sites is 2. The van der Waals surface area contributed by atoms with E-state index in [4.69, 9.17) is 0 Å². The molecule has 0 radical (unpaired) electrons. The molecule has 0 saturated carbocycles. The molecule has 0 bridgehead atoms. The third kappa shape index (κ3) is 3.08. The average molecular weight is 295 g/mol. The molecule has 1 aromatic carbocycles. The SMILES string of the molecule is Cc1cc(C)nc(NCCCn2c(C)nc3ccccc32)n1. The maximum Gasteiger partial charge on any atom is 0.223 e. The van der Waals surface area contributed by atoms with Crippen molar-refractivity contribution >= 4 is 17.0 Å². The van der Waals surface area contributed by atoms with Gasteiger partial charge in [0, 0.05) is 24.5 Å². The lowest BCUT2D eigenvalue weighted by atomic mass is 10.3. The van der Waals surface area contributed by atoms with E-state index in [9.17, 15) is 0 Å². The fourth-order valence-electron chi connectivity index (χ4n) is 2.72. The Morgan fingerprint density at radius 2 is 1.73 bits per heavy atom. The van der Waals surface area contributed by atoms with Crippen molar-refractivity contribution in [2.24, 2.45) is 0 Å². The topological polar surface area (TPSA) is 55.6 Å². The molecule has 5 heteroatoms. The van der Waals surface area contributed by atoms with Crippen molar-refractivity contribution in [3.8, 4) is 0 Å². The summed E-state index contributed by atoms with van der Waals surface area (Å²) in [6, 6.07) is 10.2. The Balaban J connectivity index is 1.62. The minimum atomic E-state index is 0.713. The molecule has 5 nitrogen and oxygen atoms in total. The second kappa shape index (κ2) is 6.13. The van der Waals surface area contributed by atoms with Gasteiger partial charge in [-0.1, -0.05) is 12.1 Å². The minimum absolute atomic E-state index is 0.713. The van der Waals surface area contributed by atoms with Gasteiger partial charge in [0.1, 0.15) is 5.82 Å². The zero-order chi connectivity index (χ0) is 15.5. The Kier molecular flexibility index (Phi) is 4.04. The Hall–Kier alpha value is -2.43. The van der Waals surface area contributed by atoms with Gasteiger partial charge in [-0.05, 0) is 45.4 Å². The molecule has 0 aliphatic carbocycles. The second-order valence-electron chi connectivity index (χ2n) is 5.55. The molecule has 2 aromatic heterocycles. The van der Waals surface area contributed by atoms with Gasteiger partial charge >= 0.3 is 0 Å². The van der Waals surface area contributed by atoms with Crippen molar-refractivity contribution < 1.29 is 0 Å². The van der Waals surface area contributed by atoms with Crippen LogP contribution >= 0.6 is 0 Å². The lowest BCUT2D eigenvalue weighted by Gasteiger charge is -2.09. The van der Waals surface area contributed by atoms with Crippen LogP contribution < -0.4 is 5.32 Å². The molecular weight excluding hydrogens is 274 g/mol. The fourth-order valence-corrected chi connectivity index (χ4v) is 2.72. The first-order valence-electron chi connectivity index (χ1n) is 7.61. The first-order valence-corrected chi connectivity index (χ1v) is 7.61. The number of benzene rings is 1. The lowest BCUT2D eigenvalue weighted by molar-refractivity contribution is 0.657. The van der Waals surface area contributed by atoms with E-state index in [1.807, 2.05) is 26.0 Å². The van der Waals surface area contributed by atoms with Crippen molar-refractivity contribution in [3.05, 3.63) is 47.5 Å². The predicted molar refractivity (Wildman–Crippen MR) is 89.1 cm³/mol. The predicted octanol–water partition coefficient (Wildman–Crippen LogP) is 3.25. The van der Waals surface area contributed by atoms with E-state index in [1.165, 1.54) is 5.52 Å². The van der Waals surface area contributed by atoms with E-state index in [0.29, 0.717) is 5.95 Å². The first-order chi connectivity index (χ1) is 10.6. The van der Waals surface area contributed by atoms with E-state index in [0.717, 1.165) is 42.2 Å². The third-order valence-electron chi connectivity index (χ3n) is 3.67. The van der Waals surface area contributed by atoms with Crippen molar-refractivity contribution in [1.29, 1.82) is 0 Å². The van der Waals surface area contributed by atoms with Crippen LogP contribution in [-0.2, 0) is 6.54 Å². The number of fused-ring (bicyclic) bond motifs is 1. The van der Waals surface area contributed by atoms with Crippen LogP contribution in [0.1, 0.15) is 23.6 Å². The van der Waals surface area contributed by atoms with E-state index in [-0.39, 0.29) is 0 Å². The summed E-state index contributed by atoms with van der Waals surface area (Å²) in [5.41, 5.74) is 4.24. The van der Waals surface area contributed by atoms with Crippen molar-refractivity contribution in [2.75, 3.05) is 11.9 Å². The van der Waals surface area contributed by atoms with Crippen LogP contribution in [-0.4, -0.2) is 26.1 Å². The molecule has 0 atom stereocenters. The summed E-state index contributed by atoms with van der Waals surface area (Å²) in [4.78, 5) is 13.4. The summed E-state index contributed by atoms with van der Waals surface area (Å²) >= 11 is 0. The first kappa shape index (κ1) is 14.5. The Morgan fingerprint density at radius 1 is 1.00 bits per heavy atom. The fraction of sp³-hybridized carbons (Fsp3) is 0.353.